The number of carbonyl (C=O) groups excluding carboxylic acids is 1. The van der Waals surface area contributed by atoms with E-state index < -0.39 is 24.8 Å². The maximum Gasteiger partial charge on any atom is 0.411 e. The smallest absolute Gasteiger partial charge is 0.359 e. The Morgan fingerprint density at radius 2 is 2.13 bits per heavy atom. The first-order chi connectivity index (χ1) is 6.88. The molecule has 15 heavy (non-hydrogen) atoms. The van der Waals surface area contributed by atoms with Gasteiger partial charge < -0.3 is 10.1 Å². The Labute approximate surface area is 86.0 Å². The number of amides is 1. The summed E-state index contributed by atoms with van der Waals surface area (Å²) in [6.07, 6.45) is -3.27. The molecule has 0 aromatic rings. The molecule has 1 aliphatic rings. The van der Waals surface area contributed by atoms with Crippen molar-refractivity contribution in [2.45, 2.75) is 32.0 Å². The lowest BCUT2D eigenvalue weighted by Gasteiger charge is -2.14. The SMILES string of the molecule is C[C@H](OCC(F)(F)F)C(=O)NCC1CC1. The third-order valence-corrected chi connectivity index (χ3v) is 2.13. The van der Waals surface area contributed by atoms with E-state index in [2.05, 4.69) is 10.1 Å². The van der Waals surface area contributed by atoms with Gasteiger partial charge in [-0.05, 0) is 25.7 Å². The molecule has 0 saturated heterocycles. The molecule has 0 radical (unpaired) electrons. The number of hydrogen-bond donors (Lipinski definition) is 1. The monoisotopic (exact) mass is 225 g/mol. The highest BCUT2D eigenvalue weighted by Crippen LogP contribution is 2.27. The first-order valence-electron chi connectivity index (χ1n) is 4.84. The van der Waals surface area contributed by atoms with Gasteiger partial charge in [0.2, 0.25) is 5.91 Å². The van der Waals surface area contributed by atoms with E-state index in [0.29, 0.717) is 12.5 Å². The summed E-state index contributed by atoms with van der Waals surface area (Å²) in [5.41, 5.74) is 0. The minimum Gasteiger partial charge on any atom is -0.359 e. The first kappa shape index (κ1) is 12.3. The molecule has 1 rings (SSSR count). The van der Waals surface area contributed by atoms with Crippen molar-refractivity contribution < 1.29 is 22.7 Å². The predicted molar refractivity (Wildman–Crippen MR) is 47.2 cm³/mol. The van der Waals surface area contributed by atoms with Gasteiger partial charge in [0.05, 0.1) is 0 Å². The molecule has 0 aromatic heterocycles. The molecular formula is C9H14F3NO2. The zero-order valence-corrected chi connectivity index (χ0v) is 8.43. The summed E-state index contributed by atoms with van der Waals surface area (Å²) in [6.45, 7) is 0.470. The van der Waals surface area contributed by atoms with Gasteiger partial charge in [0.25, 0.3) is 0 Å². The molecule has 1 saturated carbocycles. The van der Waals surface area contributed by atoms with E-state index in [1.165, 1.54) is 6.92 Å². The summed E-state index contributed by atoms with van der Waals surface area (Å²) in [4.78, 5) is 11.2. The number of hydrogen-bond acceptors (Lipinski definition) is 2. The molecule has 0 heterocycles. The van der Waals surface area contributed by atoms with Crippen molar-refractivity contribution in [3.63, 3.8) is 0 Å². The molecule has 1 amide bonds. The van der Waals surface area contributed by atoms with Gasteiger partial charge in [0, 0.05) is 6.54 Å². The highest BCUT2D eigenvalue weighted by atomic mass is 19.4. The van der Waals surface area contributed by atoms with Crippen LogP contribution < -0.4 is 5.32 Å². The summed E-state index contributed by atoms with van der Waals surface area (Å²) in [6, 6.07) is 0. The van der Waals surface area contributed by atoms with Crippen LogP contribution in [0, 0.1) is 5.92 Å². The molecule has 1 N–H and O–H groups in total. The fraction of sp³-hybridized carbons (Fsp3) is 0.889. The van der Waals surface area contributed by atoms with Crippen LogP contribution in [0.25, 0.3) is 0 Å². The van der Waals surface area contributed by atoms with Crippen molar-refractivity contribution in [1.82, 2.24) is 5.32 Å². The van der Waals surface area contributed by atoms with E-state index >= 15 is 0 Å². The van der Waals surface area contributed by atoms with Crippen molar-refractivity contribution in [1.29, 1.82) is 0 Å². The van der Waals surface area contributed by atoms with E-state index in [9.17, 15) is 18.0 Å². The minimum absolute atomic E-state index is 0.480. The van der Waals surface area contributed by atoms with Gasteiger partial charge in [-0.25, -0.2) is 0 Å². The lowest BCUT2D eigenvalue weighted by Crippen LogP contribution is -2.37. The average molecular weight is 225 g/mol. The number of nitrogens with one attached hydrogen (secondary N) is 1. The number of alkyl halides is 3. The van der Waals surface area contributed by atoms with Gasteiger partial charge in [-0.2, -0.15) is 13.2 Å². The molecule has 6 heteroatoms. The summed E-state index contributed by atoms with van der Waals surface area (Å²) < 4.78 is 39.6. The minimum atomic E-state index is -4.38. The maximum absolute atomic E-state index is 11.7. The number of halogens is 3. The molecule has 1 fully saturated rings. The molecule has 1 atom stereocenters. The van der Waals surface area contributed by atoms with E-state index in [1.54, 1.807) is 0 Å². The zero-order chi connectivity index (χ0) is 11.5. The topological polar surface area (TPSA) is 38.3 Å². The van der Waals surface area contributed by atoms with Gasteiger partial charge in [-0.3, -0.25) is 4.79 Å². The van der Waals surface area contributed by atoms with E-state index in [1.807, 2.05) is 0 Å². The molecule has 88 valence electrons. The number of rotatable bonds is 5. The molecule has 3 nitrogen and oxygen atoms in total. The van der Waals surface area contributed by atoms with E-state index in [4.69, 9.17) is 0 Å². The van der Waals surface area contributed by atoms with Crippen LogP contribution in [0.4, 0.5) is 13.2 Å². The van der Waals surface area contributed by atoms with Crippen LogP contribution in [-0.4, -0.2) is 31.3 Å². The van der Waals surface area contributed by atoms with Gasteiger partial charge in [-0.1, -0.05) is 0 Å². The van der Waals surface area contributed by atoms with Gasteiger partial charge >= 0.3 is 6.18 Å². The molecule has 0 unspecified atom stereocenters. The van der Waals surface area contributed by atoms with Crippen LogP contribution in [-0.2, 0) is 9.53 Å². The second kappa shape index (κ2) is 4.83. The Hall–Kier alpha value is -0.780. The standard InChI is InChI=1S/C9H14F3NO2/c1-6(15-5-9(10,11)12)8(14)13-4-7-2-3-7/h6-7H,2-5H2,1H3,(H,13,14)/t6-/m0/s1. The highest BCUT2D eigenvalue weighted by Gasteiger charge is 2.30. The van der Waals surface area contributed by atoms with Crippen molar-refractivity contribution in [3.05, 3.63) is 0 Å². The lowest BCUT2D eigenvalue weighted by molar-refractivity contribution is -0.185. The van der Waals surface area contributed by atoms with Crippen molar-refractivity contribution in [2.75, 3.05) is 13.2 Å². The summed E-state index contributed by atoms with van der Waals surface area (Å²) in [5, 5.41) is 2.55. The van der Waals surface area contributed by atoms with Crippen LogP contribution in [0.3, 0.4) is 0 Å². The van der Waals surface area contributed by atoms with Gasteiger partial charge in [0.1, 0.15) is 12.7 Å². The quantitative estimate of drug-likeness (QED) is 0.769. The molecular weight excluding hydrogens is 211 g/mol. The van der Waals surface area contributed by atoms with E-state index in [0.717, 1.165) is 12.8 Å². The normalized spacial score (nSPS) is 18.7. The Bertz CT molecular complexity index is 226. The molecule has 1 aliphatic carbocycles. The van der Waals surface area contributed by atoms with Crippen LogP contribution in [0.5, 0.6) is 0 Å². The first-order valence-corrected chi connectivity index (χ1v) is 4.84. The van der Waals surface area contributed by atoms with Crippen LogP contribution >= 0.6 is 0 Å². The van der Waals surface area contributed by atoms with Crippen molar-refractivity contribution in [3.8, 4) is 0 Å². The fourth-order valence-corrected chi connectivity index (χ4v) is 1.01. The number of ether oxygens (including phenoxy) is 1. The number of carbonyl (C=O) groups is 1. The fourth-order valence-electron chi connectivity index (χ4n) is 1.01. The van der Waals surface area contributed by atoms with Crippen molar-refractivity contribution >= 4 is 5.91 Å². The molecule has 0 aromatic carbocycles. The highest BCUT2D eigenvalue weighted by molar-refractivity contribution is 5.80. The third kappa shape index (κ3) is 5.61. The third-order valence-electron chi connectivity index (χ3n) is 2.13. The molecule has 0 bridgehead atoms. The van der Waals surface area contributed by atoms with Gasteiger partial charge in [0.15, 0.2) is 0 Å². The molecule has 0 aliphatic heterocycles. The van der Waals surface area contributed by atoms with Crippen LogP contribution in [0.2, 0.25) is 0 Å². The Balaban J connectivity index is 2.13. The maximum atomic E-state index is 11.7. The molecule has 0 spiro atoms. The second-order valence-corrected chi connectivity index (χ2v) is 3.76. The second-order valence-electron chi connectivity index (χ2n) is 3.76. The summed E-state index contributed by atoms with van der Waals surface area (Å²) in [7, 11) is 0. The largest absolute Gasteiger partial charge is 0.411 e. The average Bonchev–Trinajstić information content (AvgIpc) is 2.92. The summed E-state index contributed by atoms with van der Waals surface area (Å²) >= 11 is 0. The Morgan fingerprint density at radius 3 is 2.60 bits per heavy atom. The predicted octanol–water partition coefficient (Wildman–Crippen LogP) is 1.48. The van der Waals surface area contributed by atoms with Crippen molar-refractivity contribution in [2.24, 2.45) is 5.92 Å². The Kier molecular flexibility index (Phi) is 3.96. The van der Waals surface area contributed by atoms with Crippen LogP contribution in [0.1, 0.15) is 19.8 Å². The lowest BCUT2D eigenvalue weighted by atomic mass is 10.3. The zero-order valence-electron chi connectivity index (χ0n) is 8.43. The van der Waals surface area contributed by atoms with E-state index in [-0.39, 0.29) is 0 Å². The Morgan fingerprint density at radius 1 is 1.53 bits per heavy atom. The summed E-state index contributed by atoms with van der Waals surface area (Å²) in [5.74, 6) is 0.0231. The van der Waals surface area contributed by atoms with Gasteiger partial charge in [-0.15, -0.1) is 0 Å². The van der Waals surface area contributed by atoms with Crippen LogP contribution in [0.15, 0.2) is 0 Å².